The molecule has 13 heavy (non-hydrogen) atoms. The van der Waals surface area contributed by atoms with E-state index in [0.717, 1.165) is 0 Å². The molecule has 0 rings (SSSR count). The maximum atomic E-state index is 10.2. The van der Waals surface area contributed by atoms with Crippen LogP contribution in [0.4, 0.5) is 0 Å². The van der Waals surface area contributed by atoms with E-state index in [1.807, 2.05) is 0 Å². The quantitative estimate of drug-likeness (QED) is 0.345. The molecule has 0 radical (unpaired) electrons. The Balaban J connectivity index is 3.80. The van der Waals surface area contributed by atoms with E-state index in [1.54, 1.807) is 0 Å². The molecule has 0 aliphatic rings. The molecule has 2 atom stereocenters. The Morgan fingerprint density at radius 2 is 1.92 bits per heavy atom. The summed E-state index contributed by atoms with van der Waals surface area (Å²) in [5.41, 5.74) is 0. The van der Waals surface area contributed by atoms with Crippen LogP contribution in [0, 0.1) is 0 Å². The van der Waals surface area contributed by atoms with Crippen molar-refractivity contribution in [3.63, 3.8) is 0 Å². The number of hydrogen-bond donors (Lipinski definition) is 4. The first-order chi connectivity index (χ1) is 5.87. The minimum Gasteiger partial charge on any atom is -0.390 e. The van der Waals surface area contributed by atoms with Crippen LogP contribution in [0.15, 0.2) is 12.7 Å². The highest BCUT2D eigenvalue weighted by atomic mass is 31.2. The van der Waals surface area contributed by atoms with Gasteiger partial charge in [0.15, 0.2) is 0 Å². The van der Waals surface area contributed by atoms with Gasteiger partial charge in [-0.15, -0.1) is 6.58 Å². The van der Waals surface area contributed by atoms with Gasteiger partial charge in [-0.1, -0.05) is 6.08 Å². The van der Waals surface area contributed by atoms with Gasteiger partial charge in [-0.05, 0) is 6.42 Å². The summed E-state index contributed by atoms with van der Waals surface area (Å²) in [5, 5.41) is 18.1. The van der Waals surface area contributed by atoms with Crippen LogP contribution in [0.2, 0.25) is 0 Å². The second-order valence-corrected chi connectivity index (χ2v) is 3.68. The van der Waals surface area contributed by atoms with Crippen molar-refractivity contribution >= 4 is 7.82 Å². The Kier molecular flexibility index (Phi) is 5.39. The molecule has 0 bridgehead atoms. The molecule has 78 valence electrons. The van der Waals surface area contributed by atoms with Gasteiger partial charge in [-0.25, -0.2) is 4.57 Å². The summed E-state index contributed by atoms with van der Waals surface area (Å²) in [6, 6.07) is 0. The Bertz CT molecular complexity index is 199. The van der Waals surface area contributed by atoms with Crippen molar-refractivity contribution < 1.29 is 29.1 Å². The van der Waals surface area contributed by atoms with Gasteiger partial charge in [0.2, 0.25) is 0 Å². The molecule has 2 unspecified atom stereocenters. The minimum absolute atomic E-state index is 0.131. The van der Waals surface area contributed by atoms with Crippen molar-refractivity contribution in [2.24, 2.45) is 0 Å². The second kappa shape index (κ2) is 5.49. The zero-order valence-corrected chi connectivity index (χ0v) is 7.80. The molecule has 0 aliphatic heterocycles. The van der Waals surface area contributed by atoms with Crippen LogP contribution in [-0.2, 0) is 9.09 Å². The third-order valence-corrected chi connectivity index (χ3v) is 1.75. The van der Waals surface area contributed by atoms with Crippen molar-refractivity contribution in [3.8, 4) is 0 Å². The second-order valence-electron chi connectivity index (χ2n) is 2.45. The molecule has 7 heteroatoms. The molecule has 0 saturated carbocycles. The van der Waals surface area contributed by atoms with Crippen LogP contribution < -0.4 is 0 Å². The van der Waals surface area contributed by atoms with Crippen LogP contribution >= 0.6 is 7.82 Å². The Hall–Kier alpha value is -0.230. The third kappa shape index (κ3) is 6.89. The molecule has 0 aromatic carbocycles. The van der Waals surface area contributed by atoms with E-state index in [-0.39, 0.29) is 6.42 Å². The summed E-state index contributed by atoms with van der Waals surface area (Å²) in [5.74, 6) is 0. The highest BCUT2D eigenvalue weighted by Crippen LogP contribution is 2.35. The van der Waals surface area contributed by atoms with Gasteiger partial charge in [-0.3, -0.25) is 4.52 Å². The average molecular weight is 212 g/mol. The first-order valence-corrected chi connectivity index (χ1v) is 5.07. The van der Waals surface area contributed by atoms with Crippen molar-refractivity contribution in [1.82, 2.24) is 0 Å². The molecule has 0 aromatic heterocycles. The number of phosphoric acid groups is 1. The average Bonchev–Trinajstić information content (AvgIpc) is 1.99. The van der Waals surface area contributed by atoms with Crippen LogP contribution in [0.3, 0.4) is 0 Å². The standard InChI is InChI=1S/C6H13O6P/c1-2-3-5(7)6(8)4-12-13(9,10)11/h2,5-8H,1,3-4H2,(H2,9,10,11). The maximum absolute atomic E-state index is 10.2. The number of rotatable bonds is 6. The number of aliphatic hydroxyl groups is 2. The van der Waals surface area contributed by atoms with E-state index in [9.17, 15) is 4.57 Å². The Labute approximate surface area is 75.7 Å². The highest BCUT2D eigenvalue weighted by molar-refractivity contribution is 7.46. The van der Waals surface area contributed by atoms with Crippen molar-refractivity contribution in [2.75, 3.05) is 6.61 Å². The smallest absolute Gasteiger partial charge is 0.390 e. The topological polar surface area (TPSA) is 107 Å². The molecular formula is C6H13O6P. The fourth-order valence-corrected chi connectivity index (χ4v) is 0.959. The molecule has 0 aromatic rings. The van der Waals surface area contributed by atoms with Gasteiger partial charge in [0, 0.05) is 0 Å². The van der Waals surface area contributed by atoms with Crippen LogP contribution in [0.1, 0.15) is 6.42 Å². The minimum atomic E-state index is -4.58. The van der Waals surface area contributed by atoms with Gasteiger partial charge in [0.05, 0.1) is 12.7 Å². The summed E-state index contributed by atoms with van der Waals surface area (Å²) >= 11 is 0. The lowest BCUT2D eigenvalue weighted by molar-refractivity contribution is -0.0118. The zero-order chi connectivity index (χ0) is 10.5. The molecular weight excluding hydrogens is 199 g/mol. The van der Waals surface area contributed by atoms with Crippen LogP contribution in [0.5, 0.6) is 0 Å². The van der Waals surface area contributed by atoms with Gasteiger partial charge >= 0.3 is 7.82 Å². The van der Waals surface area contributed by atoms with E-state index in [4.69, 9.17) is 20.0 Å². The van der Waals surface area contributed by atoms with Gasteiger partial charge in [0.1, 0.15) is 6.10 Å². The van der Waals surface area contributed by atoms with E-state index < -0.39 is 26.6 Å². The Morgan fingerprint density at radius 1 is 1.38 bits per heavy atom. The fourth-order valence-electron chi connectivity index (χ4n) is 0.612. The lowest BCUT2D eigenvalue weighted by Crippen LogP contribution is -2.29. The van der Waals surface area contributed by atoms with Crippen LogP contribution in [0.25, 0.3) is 0 Å². The largest absolute Gasteiger partial charge is 0.469 e. The summed E-state index contributed by atoms with van der Waals surface area (Å²) < 4.78 is 14.2. The summed E-state index contributed by atoms with van der Waals surface area (Å²) in [4.78, 5) is 16.5. The van der Waals surface area contributed by atoms with Gasteiger partial charge < -0.3 is 20.0 Å². The third-order valence-electron chi connectivity index (χ3n) is 1.27. The summed E-state index contributed by atoms with van der Waals surface area (Å²) in [6.07, 6.45) is -0.938. The molecule has 0 saturated heterocycles. The van der Waals surface area contributed by atoms with E-state index in [2.05, 4.69) is 11.1 Å². The van der Waals surface area contributed by atoms with E-state index in [1.165, 1.54) is 6.08 Å². The molecule has 0 fully saturated rings. The number of phosphoric ester groups is 1. The first kappa shape index (κ1) is 12.8. The molecule has 0 spiro atoms. The van der Waals surface area contributed by atoms with Crippen molar-refractivity contribution in [2.45, 2.75) is 18.6 Å². The molecule has 0 aliphatic carbocycles. The normalized spacial score (nSPS) is 16.6. The lowest BCUT2D eigenvalue weighted by atomic mass is 10.1. The van der Waals surface area contributed by atoms with Crippen LogP contribution in [-0.4, -0.2) is 38.8 Å². The van der Waals surface area contributed by atoms with E-state index >= 15 is 0 Å². The van der Waals surface area contributed by atoms with Crippen molar-refractivity contribution in [3.05, 3.63) is 12.7 Å². The predicted molar refractivity (Wildman–Crippen MR) is 44.8 cm³/mol. The first-order valence-electron chi connectivity index (χ1n) is 3.54. The fraction of sp³-hybridized carbons (Fsp3) is 0.667. The molecule has 0 heterocycles. The number of aliphatic hydroxyl groups excluding tert-OH is 2. The molecule has 6 nitrogen and oxygen atoms in total. The maximum Gasteiger partial charge on any atom is 0.469 e. The highest BCUT2D eigenvalue weighted by Gasteiger charge is 2.20. The monoisotopic (exact) mass is 212 g/mol. The van der Waals surface area contributed by atoms with Gasteiger partial charge in [0.25, 0.3) is 0 Å². The zero-order valence-electron chi connectivity index (χ0n) is 6.91. The predicted octanol–water partition coefficient (Wildman–Crippen LogP) is -0.606. The molecule has 0 amide bonds. The molecule has 4 N–H and O–H groups in total. The van der Waals surface area contributed by atoms with E-state index in [0.29, 0.717) is 0 Å². The summed E-state index contributed by atoms with van der Waals surface area (Å²) in [6.45, 7) is 2.71. The van der Waals surface area contributed by atoms with Gasteiger partial charge in [-0.2, -0.15) is 0 Å². The Morgan fingerprint density at radius 3 is 2.31 bits per heavy atom. The lowest BCUT2D eigenvalue weighted by Gasteiger charge is -2.16. The summed E-state index contributed by atoms with van der Waals surface area (Å²) in [7, 11) is -4.58. The number of hydrogen-bond acceptors (Lipinski definition) is 4. The SMILES string of the molecule is C=CCC(O)C(O)COP(=O)(O)O. The van der Waals surface area contributed by atoms with Crippen molar-refractivity contribution in [1.29, 1.82) is 0 Å².